The Balaban J connectivity index is 1.71. The molecule has 0 amide bonds. The second kappa shape index (κ2) is 10.6. The van der Waals surface area contributed by atoms with Crippen LogP contribution in [0.15, 0.2) is 84.9 Å². The molecule has 0 unspecified atom stereocenters. The molecule has 34 heavy (non-hydrogen) atoms. The van der Waals surface area contributed by atoms with Gasteiger partial charge >= 0.3 is 7.60 Å². The van der Waals surface area contributed by atoms with Crippen molar-refractivity contribution in [1.82, 2.24) is 0 Å². The fourth-order valence-electron chi connectivity index (χ4n) is 4.10. The fraction of sp³-hybridized carbons (Fsp3) is 0.241. The normalized spacial score (nSPS) is 11.6. The molecule has 4 aromatic rings. The van der Waals surface area contributed by atoms with Crippen LogP contribution in [-0.2, 0) is 19.8 Å². The molecule has 0 aromatic heterocycles. The smallest absolute Gasteiger partial charge is 0.310 e. The van der Waals surface area contributed by atoms with Gasteiger partial charge in [-0.05, 0) is 80.4 Å². The summed E-state index contributed by atoms with van der Waals surface area (Å²) in [6.45, 7) is 8.60. The lowest BCUT2D eigenvalue weighted by Gasteiger charge is -2.26. The molecule has 5 heteroatoms. The van der Waals surface area contributed by atoms with Crippen molar-refractivity contribution in [2.45, 2.75) is 33.9 Å². The third kappa shape index (κ3) is 5.59. The number of rotatable bonds is 9. The molecule has 4 nitrogen and oxygen atoms in total. The van der Waals surface area contributed by atoms with Gasteiger partial charge in [0.2, 0.25) is 0 Å². The predicted octanol–water partition coefficient (Wildman–Crippen LogP) is 8.69. The minimum atomic E-state index is -3.14. The minimum Gasteiger partial charge on any atom is -0.310 e. The van der Waals surface area contributed by atoms with E-state index in [9.17, 15) is 4.57 Å². The van der Waals surface area contributed by atoms with Gasteiger partial charge in [0, 0.05) is 17.1 Å². The highest BCUT2D eigenvalue weighted by Gasteiger charge is 2.24. The van der Waals surface area contributed by atoms with Crippen LogP contribution in [0, 0.1) is 13.8 Å². The molecular formula is C29H32NO3P. The van der Waals surface area contributed by atoms with Crippen molar-refractivity contribution in [3.05, 3.63) is 102 Å². The second-order valence-electron chi connectivity index (χ2n) is 8.48. The van der Waals surface area contributed by atoms with Crippen LogP contribution in [0.1, 0.15) is 30.5 Å². The molecule has 0 radical (unpaired) electrons. The molecule has 0 aliphatic carbocycles. The summed E-state index contributed by atoms with van der Waals surface area (Å²) in [6.07, 6.45) is 0.269. The first-order valence-corrected chi connectivity index (χ1v) is 13.5. The first-order chi connectivity index (χ1) is 16.4. The van der Waals surface area contributed by atoms with E-state index < -0.39 is 7.60 Å². The molecule has 0 bridgehead atoms. The number of benzene rings is 4. The van der Waals surface area contributed by atoms with Gasteiger partial charge in [-0.1, -0.05) is 59.7 Å². The van der Waals surface area contributed by atoms with Crippen LogP contribution in [0.25, 0.3) is 10.8 Å². The summed E-state index contributed by atoms with van der Waals surface area (Å²) in [5.74, 6) is 0. The molecule has 4 rings (SSSR count). The van der Waals surface area contributed by atoms with Crippen molar-refractivity contribution in [3.63, 3.8) is 0 Å². The number of nitrogens with zero attached hydrogens (tertiary/aromatic N) is 1. The lowest BCUT2D eigenvalue weighted by molar-refractivity contribution is 0.219. The highest BCUT2D eigenvalue weighted by molar-refractivity contribution is 7.53. The Labute approximate surface area is 202 Å². The molecule has 176 valence electrons. The van der Waals surface area contributed by atoms with Crippen molar-refractivity contribution >= 4 is 35.4 Å². The summed E-state index contributed by atoms with van der Waals surface area (Å²) in [6, 6.07) is 29.8. The zero-order valence-electron chi connectivity index (χ0n) is 20.3. The van der Waals surface area contributed by atoms with Crippen molar-refractivity contribution in [3.8, 4) is 0 Å². The molecule has 0 aliphatic heterocycles. The Morgan fingerprint density at radius 1 is 0.647 bits per heavy atom. The lowest BCUT2D eigenvalue weighted by atomic mass is 10.1. The van der Waals surface area contributed by atoms with Crippen LogP contribution < -0.4 is 4.90 Å². The van der Waals surface area contributed by atoms with Gasteiger partial charge in [-0.25, -0.2) is 0 Å². The Bertz CT molecular complexity index is 1240. The van der Waals surface area contributed by atoms with Gasteiger partial charge < -0.3 is 13.9 Å². The van der Waals surface area contributed by atoms with Crippen molar-refractivity contribution in [1.29, 1.82) is 0 Å². The van der Waals surface area contributed by atoms with E-state index in [0.717, 1.165) is 33.4 Å². The van der Waals surface area contributed by atoms with Gasteiger partial charge in [-0.2, -0.15) is 0 Å². The van der Waals surface area contributed by atoms with E-state index in [1.807, 2.05) is 19.9 Å². The zero-order chi connectivity index (χ0) is 24.1. The second-order valence-corrected chi connectivity index (χ2v) is 10.5. The summed E-state index contributed by atoms with van der Waals surface area (Å²) in [5.41, 5.74) is 6.71. The van der Waals surface area contributed by atoms with Crippen molar-refractivity contribution in [2.75, 3.05) is 18.1 Å². The maximum absolute atomic E-state index is 13.0. The van der Waals surface area contributed by atoms with Crippen LogP contribution in [0.3, 0.4) is 0 Å². The highest BCUT2D eigenvalue weighted by atomic mass is 31.2. The predicted molar refractivity (Wildman–Crippen MR) is 143 cm³/mol. The average Bonchev–Trinajstić information content (AvgIpc) is 2.82. The summed E-state index contributed by atoms with van der Waals surface area (Å²) in [4.78, 5) is 2.27. The van der Waals surface area contributed by atoms with Gasteiger partial charge in [-0.15, -0.1) is 0 Å². The van der Waals surface area contributed by atoms with E-state index >= 15 is 0 Å². The van der Waals surface area contributed by atoms with E-state index in [1.54, 1.807) is 0 Å². The summed E-state index contributed by atoms with van der Waals surface area (Å²) in [7, 11) is -3.14. The largest absolute Gasteiger partial charge is 0.335 e. The van der Waals surface area contributed by atoms with Crippen LogP contribution in [-0.4, -0.2) is 13.2 Å². The molecule has 0 saturated carbocycles. The van der Waals surface area contributed by atoms with Crippen LogP contribution >= 0.6 is 7.60 Å². The Morgan fingerprint density at radius 3 is 1.65 bits per heavy atom. The third-order valence-corrected chi connectivity index (χ3v) is 7.81. The first-order valence-electron chi connectivity index (χ1n) is 11.7. The quantitative estimate of drug-likeness (QED) is 0.228. The van der Waals surface area contributed by atoms with E-state index in [-0.39, 0.29) is 6.16 Å². The number of anilines is 3. The molecule has 0 aliphatic rings. The van der Waals surface area contributed by atoms with Gasteiger partial charge in [0.05, 0.1) is 19.4 Å². The van der Waals surface area contributed by atoms with Crippen molar-refractivity contribution in [2.24, 2.45) is 0 Å². The molecule has 0 atom stereocenters. The topological polar surface area (TPSA) is 38.8 Å². The third-order valence-electron chi connectivity index (χ3n) is 5.76. The molecule has 0 N–H and O–H groups in total. The zero-order valence-corrected chi connectivity index (χ0v) is 21.2. The summed E-state index contributed by atoms with van der Waals surface area (Å²) < 4.78 is 23.9. The lowest BCUT2D eigenvalue weighted by Crippen LogP contribution is -2.09. The molecule has 0 saturated heterocycles. The average molecular weight is 474 g/mol. The summed E-state index contributed by atoms with van der Waals surface area (Å²) >= 11 is 0. The van der Waals surface area contributed by atoms with E-state index in [0.29, 0.717) is 13.2 Å². The highest BCUT2D eigenvalue weighted by Crippen LogP contribution is 2.51. The van der Waals surface area contributed by atoms with Gasteiger partial charge in [0.1, 0.15) is 0 Å². The van der Waals surface area contributed by atoms with Gasteiger partial charge in [-0.3, -0.25) is 4.57 Å². The van der Waals surface area contributed by atoms with Crippen LogP contribution in [0.2, 0.25) is 0 Å². The standard InChI is InChI=1S/C29H32NO3P/c1-5-32-34(31,33-6-2)21-24-11-12-26-20-29(18-13-25(26)19-24)30(27-14-7-22(3)8-15-27)28-16-9-23(4)10-17-28/h7-20H,5-6,21H2,1-4H3. The molecule has 4 aromatic carbocycles. The Kier molecular flexibility index (Phi) is 7.53. The maximum Gasteiger partial charge on any atom is 0.335 e. The van der Waals surface area contributed by atoms with Crippen LogP contribution in [0.4, 0.5) is 17.1 Å². The van der Waals surface area contributed by atoms with E-state index in [4.69, 9.17) is 9.05 Å². The number of hydrogen-bond donors (Lipinski definition) is 0. The number of hydrogen-bond acceptors (Lipinski definition) is 4. The molecule has 0 fully saturated rings. The number of aryl methyl sites for hydroxylation is 2. The molecular weight excluding hydrogens is 441 g/mol. The molecule has 0 heterocycles. The fourth-order valence-corrected chi connectivity index (χ4v) is 5.79. The molecule has 0 spiro atoms. The van der Waals surface area contributed by atoms with E-state index in [2.05, 4.69) is 97.6 Å². The van der Waals surface area contributed by atoms with Gasteiger partial charge in [0.25, 0.3) is 0 Å². The number of fused-ring (bicyclic) bond motifs is 1. The first kappa shape index (κ1) is 24.2. The monoisotopic (exact) mass is 473 g/mol. The summed E-state index contributed by atoms with van der Waals surface area (Å²) in [5, 5.41) is 2.21. The van der Waals surface area contributed by atoms with Crippen molar-refractivity contribution < 1.29 is 13.6 Å². The van der Waals surface area contributed by atoms with E-state index in [1.165, 1.54) is 11.1 Å². The SMILES string of the molecule is CCOP(=O)(Cc1ccc2cc(N(c3ccc(C)cc3)c3ccc(C)cc3)ccc2c1)OCC. The maximum atomic E-state index is 13.0. The van der Waals surface area contributed by atoms with Gasteiger partial charge in [0.15, 0.2) is 0 Å². The minimum absolute atomic E-state index is 0.269. The van der Waals surface area contributed by atoms with Crippen LogP contribution in [0.5, 0.6) is 0 Å². The Morgan fingerprint density at radius 2 is 1.12 bits per heavy atom. The Hall–Kier alpha value is -2.91.